The van der Waals surface area contributed by atoms with Gasteiger partial charge in [-0.2, -0.15) is 0 Å². The maximum absolute atomic E-state index is 14.0. The largest absolute Gasteiger partial charge is 0.342 e. The van der Waals surface area contributed by atoms with Gasteiger partial charge in [-0.1, -0.05) is 30.8 Å². The van der Waals surface area contributed by atoms with Gasteiger partial charge in [-0.25, -0.2) is 4.39 Å². The van der Waals surface area contributed by atoms with E-state index in [0.717, 1.165) is 18.8 Å². The molecule has 0 radical (unpaired) electrons. The average Bonchev–Trinajstić information content (AvgIpc) is 3.00. The van der Waals surface area contributed by atoms with Crippen molar-refractivity contribution >= 4 is 17.7 Å². The Balaban J connectivity index is 1.62. The van der Waals surface area contributed by atoms with E-state index in [4.69, 9.17) is 0 Å². The second kappa shape index (κ2) is 8.20. The molecule has 5 nitrogen and oxygen atoms in total. The summed E-state index contributed by atoms with van der Waals surface area (Å²) < 4.78 is 15.7. The Kier molecular flexibility index (Phi) is 5.96. The Labute approximate surface area is 158 Å². The lowest BCUT2D eigenvalue weighted by Gasteiger charge is -2.33. The summed E-state index contributed by atoms with van der Waals surface area (Å²) in [6.45, 7) is 2.27. The van der Waals surface area contributed by atoms with E-state index in [-0.39, 0.29) is 11.7 Å². The van der Waals surface area contributed by atoms with Gasteiger partial charge in [-0.05, 0) is 43.7 Å². The molecule has 7 heteroatoms. The second-order valence-corrected chi connectivity index (χ2v) is 7.99. The lowest BCUT2D eigenvalue weighted by Crippen LogP contribution is -2.40. The van der Waals surface area contributed by atoms with Gasteiger partial charge in [-0.15, -0.1) is 10.2 Å². The first-order valence-electron chi connectivity index (χ1n) is 9.00. The standard InChI is InChI=1S/C19H25FN4OS/c1-13-8-10-14(11-9-13)23(2)17(25)12-26-19-22-21-18(24(19)3)15-6-4-5-7-16(15)20/h4-7,13-14H,8-12H2,1-3H3. The van der Waals surface area contributed by atoms with Crippen LogP contribution >= 0.6 is 11.8 Å². The molecule has 1 aliphatic rings. The van der Waals surface area contributed by atoms with E-state index in [9.17, 15) is 9.18 Å². The van der Waals surface area contributed by atoms with Crippen molar-refractivity contribution in [3.8, 4) is 11.4 Å². The monoisotopic (exact) mass is 376 g/mol. The van der Waals surface area contributed by atoms with Crippen molar-refractivity contribution < 1.29 is 9.18 Å². The van der Waals surface area contributed by atoms with Crippen LogP contribution in [0.15, 0.2) is 29.4 Å². The molecule has 3 rings (SSSR count). The van der Waals surface area contributed by atoms with Crippen LogP contribution in [0.4, 0.5) is 4.39 Å². The number of hydrogen-bond donors (Lipinski definition) is 0. The molecule has 0 N–H and O–H groups in total. The summed E-state index contributed by atoms with van der Waals surface area (Å²) in [5.41, 5.74) is 0.411. The maximum atomic E-state index is 14.0. The summed E-state index contributed by atoms with van der Waals surface area (Å²) >= 11 is 1.35. The summed E-state index contributed by atoms with van der Waals surface area (Å²) in [6.07, 6.45) is 4.53. The van der Waals surface area contributed by atoms with Crippen molar-refractivity contribution in [2.24, 2.45) is 13.0 Å². The predicted molar refractivity (Wildman–Crippen MR) is 101 cm³/mol. The summed E-state index contributed by atoms with van der Waals surface area (Å²) in [5, 5.41) is 8.83. The van der Waals surface area contributed by atoms with Crippen LogP contribution in [-0.4, -0.2) is 44.4 Å². The highest BCUT2D eigenvalue weighted by molar-refractivity contribution is 7.99. The van der Waals surface area contributed by atoms with Crippen LogP contribution in [-0.2, 0) is 11.8 Å². The van der Waals surface area contributed by atoms with Crippen LogP contribution in [0.1, 0.15) is 32.6 Å². The van der Waals surface area contributed by atoms with E-state index in [1.165, 1.54) is 30.7 Å². The van der Waals surface area contributed by atoms with E-state index >= 15 is 0 Å². The molecule has 1 amide bonds. The van der Waals surface area contributed by atoms with Crippen LogP contribution < -0.4 is 0 Å². The first-order valence-corrected chi connectivity index (χ1v) is 9.98. The molecule has 0 atom stereocenters. The summed E-state index contributed by atoms with van der Waals surface area (Å²) in [5.74, 6) is 1.31. The number of hydrogen-bond acceptors (Lipinski definition) is 4. The predicted octanol–water partition coefficient (Wildman–Crippen LogP) is 3.75. The Morgan fingerprint density at radius 1 is 1.27 bits per heavy atom. The van der Waals surface area contributed by atoms with Crippen molar-refractivity contribution in [3.05, 3.63) is 30.1 Å². The molecular formula is C19H25FN4OS. The summed E-state index contributed by atoms with van der Waals surface area (Å²) in [7, 11) is 3.69. The number of halogens is 1. The Morgan fingerprint density at radius 3 is 2.65 bits per heavy atom. The summed E-state index contributed by atoms with van der Waals surface area (Å²) in [6, 6.07) is 6.83. The van der Waals surface area contributed by atoms with Crippen molar-refractivity contribution in [1.82, 2.24) is 19.7 Å². The van der Waals surface area contributed by atoms with Gasteiger partial charge in [0.25, 0.3) is 0 Å². The number of carbonyl (C=O) groups excluding carboxylic acids is 1. The minimum Gasteiger partial charge on any atom is -0.342 e. The fraction of sp³-hybridized carbons (Fsp3) is 0.526. The third-order valence-electron chi connectivity index (χ3n) is 5.20. The average molecular weight is 377 g/mol. The minimum absolute atomic E-state index is 0.102. The lowest BCUT2D eigenvalue weighted by molar-refractivity contribution is -0.129. The van der Waals surface area contributed by atoms with Crippen LogP contribution in [0.2, 0.25) is 0 Å². The highest BCUT2D eigenvalue weighted by atomic mass is 32.2. The zero-order chi connectivity index (χ0) is 18.7. The van der Waals surface area contributed by atoms with Crippen molar-refractivity contribution in [2.75, 3.05) is 12.8 Å². The van der Waals surface area contributed by atoms with Gasteiger partial charge in [0.1, 0.15) is 5.82 Å². The van der Waals surface area contributed by atoms with E-state index in [0.29, 0.717) is 28.3 Å². The van der Waals surface area contributed by atoms with Crippen molar-refractivity contribution in [2.45, 2.75) is 43.8 Å². The Morgan fingerprint density at radius 2 is 1.96 bits per heavy atom. The van der Waals surface area contributed by atoms with Crippen molar-refractivity contribution in [1.29, 1.82) is 0 Å². The minimum atomic E-state index is -0.332. The SMILES string of the molecule is CC1CCC(N(C)C(=O)CSc2nnc(-c3ccccc3F)n2C)CC1. The number of benzene rings is 1. The maximum Gasteiger partial charge on any atom is 0.233 e. The molecule has 1 fully saturated rings. The molecule has 0 aliphatic heterocycles. The number of aromatic nitrogens is 3. The topological polar surface area (TPSA) is 51.0 Å². The zero-order valence-corrected chi connectivity index (χ0v) is 16.3. The molecular weight excluding hydrogens is 351 g/mol. The molecule has 1 aromatic carbocycles. The number of nitrogens with zero attached hydrogens (tertiary/aromatic N) is 4. The number of amides is 1. The first-order chi connectivity index (χ1) is 12.5. The number of thioether (sulfide) groups is 1. The van der Waals surface area contributed by atoms with Crippen LogP contribution in [0, 0.1) is 11.7 Å². The highest BCUT2D eigenvalue weighted by Gasteiger charge is 2.25. The smallest absolute Gasteiger partial charge is 0.233 e. The van der Waals surface area contributed by atoms with Crippen molar-refractivity contribution in [3.63, 3.8) is 0 Å². The Bertz CT molecular complexity index is 771. The molecule has 140 valence electrons. The van der Waals surface area contributed by atoms with Gasteiger partial charge >= 0.3 is 0 Å². The third-order valence-corrected chi connectivity index (χ3v) is 6.21. The molecule has 1 saturated carbocycles. The second-order valence-electron chi connectivity index (χ2n) is 7.05. The van der Waals surface area contributed by atoms with Gasteiger partial charge < -0.3 is 9.47 Å². The van der Waals surface area contributed by atoms with Crippen LogP contribution in [0.5, 0.6) is 0 Å². The molecule has 0 saturated heterocycles. The molecule has 1 heterocycles. The summed E-state index contributed by atoms with van der Waals surface area (Å²) in [4.78, 5) is 14.4. The quantitative estimate of drug-likeness (QED) is 0.746. The van der Waals surface area contributed by atoms with Gasteiger partial charge in [0.15, 0.2) is 11.0 Å². The Hall–Kier alpha value is -1.89. The molecule has 0 bridgehead atoms. The molecule has 2 aromatic rings. The third kappa shape index (κ3) is 4.09. The zero-order valence-electron chi connectivity index (χ0n) is 15.5. The van der Waals surface area contributed by atoms with E-state index in [1.54, 1.807) is 29.8 Å². The molecule has 0 spiro atoms. The fourth-order valence-corrected chi connectivity index (χ4v) is 4.21. The van der Waals surface area contributed by atoms with Crippen LogP contribution in [0.25, 0.3) is 11.4 Å². The van der Waals surface area contributed by atoms with E-state index in [1.807, 2.05) is 11.9 Å². The van der Waals surface area contributed by atoms with E-state index in [2.05, 4.69) is 17.1 Å². The van der Waals surface area contributed by atoms with Gasteiger partial charge in [0, 0.05) is 20.1 Å². The molecule has 1 aliphatic carbocycles. The van der Waals surface area contributed by atoms with Gasteiger partial charge in [0.05, 0.1) is 11.3 Å². The molecule has 26 heavy (non-hydrogen) atoms. The first kappa shape index (κ1) is 18.9. The van der Waals surface area contributed by atoms with Crippen LogP contribution in [0.3, 0.4) is 0 Å². The van der Waals surface area contributed by atoms with E-state index < -0.39 is 0 Å². The van der Waals surface area contributed by atoms with Gasteiger partial charge in [0.2, 0.25) is 5.91 Å². The normalized spacial score (nSPS) is 20.2. The molecule has 0 unspecified atom stereocenters. The highest BCUT2D eigenvalue weighted by Crippen LogP contribution is 2.28. The van der Waals surface area contributed by atoms with Gasteiger partial charge in [-0.3, -0.25) is 4.79 Å². The lowest BCUT2D eigenvalue weighted by atomic mass is 9.87. The molecule has 1 aromatic heterocycles. The number of rotatable bonds is 5. The number of carbonyl (C=O) groups is 1. The fourth-order valence-electron chi connectivity index (χ4n) is 3.38.